The third-order valence-corrected chi connectivity index (χ3v) is 10.6. The van der Waals surface area contributed by atoms with Crippen molar-refractivity contribution in [2.45, 2.75) is 80.0 Å². The first kappa shape index (κ1) is 36.8. The summed E-state index contributed by atoms with van der Waals surface area (Å²) in [7, 11) is 0. The molecule has 8 N–H and O–H groups in total. The van der Waals surface area contributed by atoms with Gasteiger partial charge in [-0.05, 0) is 79.7 Å². The van der Waals surface area contributed by atoms with Gasteiger partial charge in [0.25, 0.3) is 0 Å². The van der Waals surface area contributed by atoms with E-state index in [1.807, 2.05) is 42.6 Å². The van der Waals surface area contributed by atoms with Crippen LogP contribution in [0.5, 0.6) is 0 Å². The molecule has 5 rings (SSSR count). The minimum Gasteiger partial charge on any atom is -0.361 e. The fraction of sp³-hybridized carbons (Fsp3) is 0.389. The van der Waals surface area contributed by atoms with Crippen LogP contribution in [0.3, 0.4) is 0 Å². The van der Waals surface area contributed by atoms with E-state index in [2.05, 4.69) is 25.9 Å². The van der Waals surface area contributed by atoms with Gasteiger partial charge in [0.1, 0.15) is 11.1 Å². The van der Waals surface area contributed by atoms with Gasteiger partial charge in [-0.15, -0.1) is 0 Å². The average molecular weight is 725 g/mol. The number of nitrogens with one attached hydrogen (secondary N) is 4. The Balaban J connectivity index is 1.54. The summed E-state index contributed by atoms with van der Waals surface area (Å²) in [6.45, 7) is 1.39. The van der Waals surface area contributed by atoms with Crippen LogP contribution in [0.4, 0.5) is 0 Å². The fourth-order valence-corrected chi connectivity index (χ4v) is 7.76. The lowest BCUT2D eigenvalue weighted by Gasteiger charge is -2.24. The molecule has 3 atom stereocenters. The minimum atomic E-state index is -0.922. The first-order valence-corrected chi connectivity index (χ1v) is 18.2. The van der Waals surface area contributed by atoms with Crippen LogP contribution in [0.15, 0.2) is 70.8 Å². The minimum absolute atomic E-state index is 0.0221. The first-order chi connectivity index (χ1) is 23.8. The van der Waals surface area contributed by atoms with E-state index in [1.54, 1.807) is 18.3 Å². The number of unbranched alkanes of at least 4 members (excludes halogenated alkanes) is 1. The SMILES string of the molecule is NCCCC[C@@H]1CC(=O)[C@H](CCCN)NCc2cccnc2Sc2c(Cl)cc(Cl)cc2CNC(=O)[C@H](Cc2c[nH]c3ccccc23)NC1=O. The van der Waals surface area contributed by atoms with Gasteiger partial charge in [0.2, 0.25) is 11.8 Å². The first-order valence-electron chi connectivity index (χ1n) is 16.7. The van der Waals surface area contributed by atoms with E-state index in [9.17, 15) is 14.4 Å². The zero-order chi connectivity index (χ0) is 34.8. The van der Waals surface area contributed by atoms with Crippen molar-refractivity contribution >= 4 is 63.5 Å². The Morgan fingerprint density at radius 1 is 0.878 bits per heavy atom. The Hall–Kier alpha value is -3.45. The quantitative estimate of drug-likeness (QED) is 0.127. The highest BCUT2D eigenvalue weighted by Gasteiger charge is 2.30. The maximum absolute atomic E-state index is 14.1. The van der Waals surface area contributed by atoms with Crippen LogP contribution >= 0.6 is 35.0 Å². The monoisotopic (exact) mass is 723 g/mol. The predicted molar refractivity (Wildman–Crippen MR) is 196 cm³/mol. The molecule has 0 radical (unpaired) electrons. The van der Waals surface area contributed by atoms with Crippen molar-refractivity contribution in [2.75, 3.05) is 13.1 Å². The van der Waals surface area contributed by atoms with E-state index < -0.39 is 18.0 Å². The molecule has 10 nitrogen and oxygen atoms in total. The van der Waals surface area contributed by atoms with Gasteiger partial charge < -0.3 is 32.4 Å². The number of fused-ring (bicyclic) bond motifs is 3. The highest BCUT2D eigenvalue weighted by molar-refractivity contribution is 7.99. The molecule has 0 saturated heterocycles. The Morgan fingerprint density at radius 3 is 2.51 bits per heavy atom. The number of rotatable bonds is 9. The summed E-state index contributed by atoms with van der Waals surface area (Å²) < 4.78 is 0. The molecule has 2 aromatic heterocycles. The zero-order valence-corrected chi connectivity index (χ0v) is 29.6. The highest BCUT2D eigenvalue weighted by Crippen LogP contribution is 2.38. The Morgan fingerprint density at radius 2 is 1.69 bits per heavy atom. The summed E-state index contributed by atoms with van der Waals surface area (Å²) in [6.07, 6.45) is 6.85. The van der Waals surface area contributed by atoms with Crippen molar-refractivity contribution in [3.63, 3.8) is 0 Å². The Bertz CT molecular complexity index is 1770. The average Bonchev–Trinajstić information content (AvgIpc) is 3.50. The molecule has 4 aromatic rings. The molecule has 2 amide bonds. The van der Waals surface area contributed by atoms with E-state index in [0.29, 0.717) is 70.8 Å². The van der Waals surface area contributed by atoms with Gasteiger partial charge in [-0.2, -0.15) is 0 Å². The summed E-state index contributed by atoms with van der Waals surface area (Å²) in [5, 5.41) is 12.0. The van der Waals surface area contributed by atoms with Crippen LogP contribution in [0, 0.1) is 5.92 Å². The number of nitrogens with two attached hydrogens (primary N) is 2. The van der Waals surface area contributed by atoms with E-state index in [-0.39, 0.29) is 37.0 Å². The van der Waals surface area contributed by atoms with Crippen LogP contribution in [-0.2, 0) is 33.9 Å². The fourth-order valence-electron chi connectivity index (χ4n) is 6.11. The number of nitrogens with zero attached hydrogens (tertiary/aromatic N) is 1. The lowest BCUT2D eigenvalue weighted by atomic mass is 9.90. The second kappa shape index (κ2) is 18.0. The lowest BCUT2D eigenvalue weighted by molar-refractivity contribution is -0.133. The van der Waals surface area contributed by atoms with Gasteiger partial charge in [0.05, 0.1) is 11.1 Å². The molecule has 0 fully saturated rings. The smallest absolute Gasteiger partial charge is 0.243 e. The normalized spacial score (nSPS) is 19.5. The molecule has 1 aliphatic rings. The van der Waals surface area contributed by atoms with Crippen molar-refractivity contribution in [3.8, 4) is 0 Å². The molecule has 260 valence electrons. The number of hydrogen-bond donors (Lipinski definition) is 6. The van der Waals surface area contributed by atoms with Crippen LogP contribution in [-0.4, -0.2) is 52.7 Å². The summed E-state index contributed by atoms with van der Waals surface area (Å²) in [5.74, 6) is -1.44. The van der Waals surface area contributed by atoms with Crippen molar-refractivity contribution in [3.05, 3.63) is 87.7 Å². The molecule has 3 heterocycles. The molecule has 0 unspecified atom stereocenters. The number of ketones is 1. The summed E-state index contributed by atoms with van der Waals surface area (Å²) in [6, 6.07) is 13.6. The molecule has 2 aromatic carbocycles. The number of Topliss-reactive ketones (excluding diaryl/α,β-unsaturated/α-hetero) is 1. The molecule has 1 aliphatic heterocycles. The van der Waals surface area contributed by atoms with Gasteiger partial charge in [-0.3, -0.25) is 14.4 Å². The maximum Gasteiger partial charge on any atom is 0.243 e. The second-order valence-electron chi connectivity index (χ2n) is 12.3. The van der Waals surface area contributed by atoms with Gasteiger partial charge in [-0.1, -0.05) is 65.7 Å². The molecule has 0 aliphatic carbocycles. The number of benzene rings is 2. The number of amides is 2. The highest BCUT2D eigenvalue weighted by atomic mass is 35.5. The van der Waals surface area contributed by atoms with E-state index in [1.165, 1.54) is 11.8 Å². The third kappa shape index (κ3) is 9.84. The maximum atomic E-state index is 14.1. The van der Waals surface area contributed by atoms with Crippen LogP contribution < -0.4 is 27.4 Å². The molecule has 13 heteroatoms. The van der Waals surface area contributed by atoms with Gasteiger partial charge >= 0.3 is 0 Å². The summed E-state index contributed by atoms with van der Waals surface area (Å²) in [4.78, 5) is 50.6. The number of H-pyrrole nitrogens is 1. The van der Waals surface area contributed by atoms with E-state index in [0.717, 1.165) is 28.5 Å². The van der Waals surface area contributed by atoms with Crippen LogP contribution in [0.2, 0.25) is 10.0 Å². The van der Waals surface area contributed by atoms with E-state index in [4.69, 9.17) is 34.7 Å². The number of para-hydroxylation sites is 1. The number of carbonyl (C=O) groups is 3. The number of aromatic nitrogens is 2. The third-order valence-electron chi connectivity index (χ3n) is 8.77. The standard InChI is InChI=1S/C36H43Cl2N7O3S/c37-26-15-25-21-44-35(48)31(16-24-20-42-29-10-2-1-9-27(24)29)45-34(47)22(7-3-4-12-39)17-32(46)30(11-5-13-40)43-19-23-8-6-14-41-36(23)49-33(25)28(38)18-26/h1-2,6,8-10,14-15,18,20,22,30-31,42-43H,3-5,7,11-13,16-17,19,21,39-40H2,(H,44,48)(H,45,47)/t22-,30+,31+/m1/s1. The van der Waals surface area contributed by atoms with Crippen molar-refractivity contribution in [1.82, 2.24) is 25.9 Å². The number of halogens is 2. The molecular weight excluding hydrogens is 681 g/mol. The second-order valence-corrected chi connectivity index (χ2v) is 14.1. The topological polar surface area (TPSA) is 168 Å². The lowest BCUT2D eigenvalue weighted by Crippen LogP contribution is -2.50. The zero-order valence-electron chi connectivity index (χ0n) is 27.3. The van der Waals surface area contributed by atoms with Crippen LogP contribution in [0.1, 0.15) is 55.2 Å². The predicted octanol–water partition coefficient (Wildman–Crippen LogP) is 5.28. The Kier molecular flexibility index (Phi) is 13.5. The van der Waals surface area contributed by atoms with E-state index >= 15 is 0 Å². The van der Waals surface area contributed by atoms with Crippen molar-refractivity contribution in [2.24, 2.45) is 17.4 Å². The molecule has 49 heavy (non-hydrogen) atoms. The van der Waals surface area contributed by atoms with Gasteiger partial charge in [0.15, 0.2) is 5.78 Å². The Labute approximate surface area is 300 Å². The summed E-state index contributed by atoms with van der Waals surface area (Å²) >= 11 is 14.6. The van der Waals surface area contributed by atoms with Crippen molar-refractivity contribution in [1.29, 1.82) is 0 Å². The molecule has 0 spiro atoms. The van der Waals surface area contributed by atoms with Crippen LogP contribution in [0.25, 0.3) is 10.9 Å². The van der Waals surface area contributed by atoms with Gasteiger partial charge in [-0.25, -0.2) is 4.98 Å². The number of aromatic amines is 1. The number of pyridine rings is 1. The molecule has 0 bridgehead atoms. The number of hydrogen-bond acceptors (Lipinski definition) is 8. The largest absolute Gasteiger partial charge is 0.361 e. The van der Waals surface area contributed by atoms with Gasteiger partial charge in [0, 0.05) is 65.1 Å². The van der Waals surface area contributed by atoms with Crippen molar-refractivity contribution < 1.29 is 14.4 Å². The summed E-state index contributed by atoms with van der Waals surface area (Å²) in [5.41, 5.74) is 15.0. The number of carbonyl (C=O) groups excluding carboxylic acids is 3. The molecular formula is C36H43Cl2N7O3S. The molecule has 0 saturated carbocycles.